The second-order valence-corrected chi connectivity index (χ2v) is 8.92. The van der Waals surface area contributed by atoms with Gasteiger partial charge in [0.05, 0.1) is 5.52 Å². The van der Waals surface area contributed by atoms with Crippen molar-refractivity contribution in [1.82, 2.24) is 15.5 Å². The van der Waals surface area contributed by atoms with Crippen molar-refractivity contribution in [2.45, 2.75) is 25.7 Å². The molecule has 2 aromatic carbocycles. The summed E-state index contributed by atoms with van der Waals surface area (Å²) in [6.07, 6.45) is 4.28. The lowest BCUT2D eigenvalue weighted by Crippen LogP contribution is -2.29. The minimum Gasteiger partial charge on any atom is -0.382 e. The van der Waals surface area contributed by atoms with E-state index >= 15 is 0 Å². The van der Waals surface area contributed by atoms with Crippen LogP contribution in [0.5, 0.6) is 0 Å². The molecule has 0 atom stereocenters. The molecular formula is C25H22Cl2N4O2. The van der Waals surface area contributed by atoms with E-state index in [1.807, 2.05) is 30.3 Å². The molecule has 2 N–H and O–H groups in total. The molecule has 8 heteroatoms. The van der Waals surface area contributed by atoms with Crippen molar-refractivity contribution < 1.29 is 9.32 Å². The quantitative estimate of drug-likeness (QED) is 0.335. The zero-order chi connectivity index (χ0) is 22.8. The smallest absolute Gasteiger partial charge is 0.273 e. The van der Waals surface area contributed by atoms with Crippen molar-refractivity contribution in [1.29, 1.82) is 0 Å². The molecule has 0 saturated carbocycles. The molecule has 6 nitrogen and oxygen atoms in total. The Morgan fingerprint density at radius 2 is 1.76 bits per heavy atom. The first-order valence-corrected chi connectivity index (χ1v) is 11.7. The van der Waals surface area contributed by atoms with Gasteiger partial charge < -0.3 is 15.2 Å². The van der Waals surface area contributed by atoms with Crippen LogP contribution in [0.25, 0.3) is 22.2 Å². The van der Waals surface area contributed by atoms with Crippen LogP contribution in [0.3, 0.4) is 0 Å². The molecular weight excluding hydrogens is 459 g/mol. The van der Waals surface area contributed by atoms with Gasteiger partial charge in [-0.3, -0.25) is 9.78 Å². The maximum Gasteiger partial charge on any atom is 0.273 e. The Balaban J connectivity index is 1.25. The minimum absolute atomic E-state index is 0.237. The van der Waals surface area contributed by atoms with Gasteiger partial charge in [-0.2, -0.15) is 0 Å². The summed E-state index contributed by atoms with van der Waals surface area (Å²) in [7, 11) is 0. The lowest BCUT2D eigenvalue weighted by molar-refractivity contribution is 0.0946. The van der Waals surface area contributed by atoms with Gasteiger partial charge in [0, 0.05) is 51.5 Å². The van der Waals surface area contributed by atoms with Gasteiger partial charge in [0.15, 0.2) is 11.5 Å². The van der Waals surface area contributed by atoms with Crippen molar-refractivity contribution in [2.24, 2.45) is 0 Å². The topological polar surface area (TPSA) is 80.0 Å². The molecule has 1 aliphatic rings. The summed E-state index contributed by atoms with van der Waals surface area (Å²) < 4.78 is 5.32. The van der Waals surface area contributed by atoms with E-state index < -0.39 is 0 Å². The summed E-state index contributed by atoms with van der Waals surface area (Å²) in [6, 6.07) is 14.6. The lowest BCUT2D eigenvalue weighted by atomic mass is 9.92. The Kier molecular flexibility index (Phi) is 6.20. The third-order valence-electron chi connectivity index (χ3n) is 5.81. The van der Waals surface area contributed by atoms with Crippen LogP contribution in [0.4, 0.5) is 5.69 Å². The molecule has 0 aliphatic heterocycles. The maximum atomic E-state index is 12.5. The fourth-order valence-electron chi connectivity index (χ4n) is 4.19. The van der Waals surface area contributed by atoms with Gasteiger partial charge in [0.1, 0.15) is 0 Å². The van der Waals surface area contributed by atoms with E-state index in [1.165, 1.54) is 5.56 Å². The molecule has 0 radical (unpaired) electrons. The number of nitrogens with one attached hydrogen (secondary N) is 2. The van der Waals surface area contributed by atoms with Crippen LogP contribution < -0.4 is 10.6 Å². The van der Waals surface area contributed by atoms with Crippen molar-refractivity contribution in [3.63, 3.8) is 0 Å². The fourth-order valence-corrected chi connectivity index (χ4v) is 4.48. The predicted octanol–water partition coefficient (Wildman–Crippen LogP) is 5.92. The van der Waals surface area contributed by atoms with E-state index in [4.69, 9.17) is 32.7 Å². The average Bonchev–Trinajstić information content (AvgIpc) is 3.32. The number of pyridine rings is 1. The lowest BCUT2D eigenvalue weighted by Gasteiger charge is -2.22. The number of nitrogens with zero attached hydrogens (tertiary/aromatic N) is 2. The Bertz CT molecular complexity index is 1320. The van der Waals surface area contributed by atoms with Gasteiger partial charge in [0.2, 0.25) is 0 Å². The van der Waals surface area contributed by atoms with Crippen molar-refractivity contribution in [3.8, 4) is 11.3 Å². The first-order chi connectivity index (χ1) is 16.1. The molecule has 1 aliphatic carbocycles. The Morgan fingerprint density at radius 1 is 0.970 bits per heavy atom. The van der Waals surface area contributed by atoms with Crippen molar-refractivity contribution >= 4 is 45.7 Å². The van der Waals surface area contributed by atoms with Crippen LogP contribution in [0, 0.1) is 0 Å². The number of carbonyl (C=O) groups excluding carboxylic acids is 1. The molecule has 2 heterocycles. The van der Waals surface area contributed by atoms with Gasteiger partial charge >= 0.3 is 0 Å². The molecule has 0 unspecified atom stereocenters. The van der Waals surface area contributed by atoms with Gasteiger partial charge in [-0.1, -0.05) is 28.4 Å². The number of anilines is 1. The molecule has 5 rings (SSSR count). The Morgan fingerprint density at radius 3 is 2.61 bits per heavy atom. The van der Waals surface area contributed by atoms with E-state index in [-0.39, 0.29) is 11.6 Å². The number of hydrogen-bond donors (Lipinski definition) is 2. The Hall–Kier alpha value is -3.09. The summed E-state index contributed by atoms with van der Waals surface area (Å²) in [4.78, 5) is 17.4. The minimum atomic E-state index is -0.283. The highest BCUT2D eigenvalue weighted by atomic mass is 35.5. The van der Waals surface area contributed by atoms with E-state index in [9.17, 15) is 4.79 Å². The number of aryl methyl sites for hydroxylation is 1. The number of carbonyl (C=O) groups is 1. The predicted molar refractivity (Wildman–Crippen MR) is 131 cm³/mol. The molecule has 33 heavy (non-hydrogen) atoms. The fraction of sp³-hybridized carbons (Fsp3) is 0.240. The summed E-state index contributed by atoms with van der Waals surface area (Å²) in [5.74, 6) is 0.234. The second kappa shape index (κ2) is 9.41. The molecule has 0 saturated heterocycles. The number of fused-ring (bicyclic) bond motifs is 2. The molecule has 168 valence electrons. The zero-order valence-corrected chi connectivity index (χ0v) is 19.3. The molecule has 0 bridgehead atoms. The normalized spacial score (nSPS) is 13.0. The number of halogens is 2. The standard InChI is InChI=1S/C25H22Cl2N4O2/c26-16-7-5-15(6-8-16)23-14-22(31-33-23)25(32)29-12-11-28-24-18-3-1-2-4-20(18)30-21-13-17(27)9-10-19(21)24/h5-10,13-14H,1-4,11-12H2,(H,28,30)(H,29,32). The average molecular weight is 481 g/mol. The maximum absolute atomic E-state index is 12.5. The highest BCUT2D eigenvalue weighted by Gasteiger charge is 2.18. The van der Waals surface area contributed by atoms with Crippen molar-refractivity contribution in [2.75, 3.05) is 18.4 Å². The highest BCUT2D eigenvalue weighted by Crippen LogP contribution is 2.34. The number of benzene rings is 2. The molecule has 2 aromatic heterocycles. The summed E-state index contributed by atoms with van der Waals surface area (Å²) in [5.41, 5.74) is 5.44. The molecule has 0 spiro atoms. The summed E-state index contributed by atoms with van der Waals surface area (Å²) >= 11 is 12.1. The number of aromatic nitrogens is 2. The van der Waals surface area contributed by atoms with Crippen LogP contribution in [0.1, 0.15) is 34.6 Å². The van der Waals surface area contributed by atoms with Gasteiger partial charge in [-0.25, -0.2) is 0 Å². The van der Waals surface area contributed by atoms with E-state index in [0.717, 1.165) is 53.5 Å². The molecule has 1 amide bonds. The number of amides is 1. The monoisotopic (exact) mass is 480 g/mol. The zero-order valence-electron chi connectivity index (χ0n) is 17.8. The largest absolute Gasteiger partial charge is 0.382 e. The van der Waals surface area contributed by atoms with Crippen LogP contribution in [0.15, 0.2) is 53.1 Å². The number of hydrogen-bond acceptors (Lipinski definition) is 5. The van der Waals surface area contributed by atoms with Gasteiger partial charge in [-0.05, 0) is 73.7 Å². The first kappa shape index (κ1) is 21.7. The van der Waals surface area contributed by atoms with E-state index in [2.05, 4.69) is 15.8 Å². The molecule has 4 aromatic rings. The van der Waals surface area contributed by atoms with E-state index in [0.29, 0.717) is 28.9 Å². The highest BCUT2D eigenvalue weighted by molar-refractivity contribution is 6.31. The van der Waals surface area contributed by atoms with Crippen LogP contribution in [0.2, 0.25) is 10.0 Å². The van der Waals surface area contributed by atoms with Crippen LogP contribution in [-0.2, 0) is 12.8 Å². The first-order valence-electron chi connectivity index (χ1n) is 10.9. The summed E-state index contributed by atoms with van der Waals surface area (Å²) in [6.45, 7) is 1.01. The molecule has 0 fully saturated rings. The SMILES string of the molecule is O=C(NCCNc1c2c(nc3cc(Cl)ccc13)CCCC2)c1cc(-c2ccc(Cl)cc2)on1. The van der Waals surface area contributed by atoms with Crippen molar-refractivity contribution in [3.05, 3.63) is 75.5 Å². The van der Waals surface area contributed by atoms with Crippen LogP contribution >= 0.6 is 23.2 Å². The third kappa shape index (κ3) is 4.68. The van der Waals surface area contributed by atoms with E-state index in [1.54, 1.807) is 18.2 Å². The summed E-state index contributed by atoms with van der Waals surface area (Å²) in [5, 5.41) is 12.7. The Labute approximate surface area is 201 Å². The van der Waals surface area contributed by atoms with Gasteiger partial charge in [0.25, 0.3) is 5.91 Å². The number of rotatable bonds is 6. The van der Waals surface area contributed by atoms with Gasteiger partial charge in [-0.15, -0.1) is 0 Å². The second-order valence-electron chi connectivity index (χ2n) is 8.05. The van der Waals surface area contributed by atoms with Crippen LogP contribution in [-0.4, -0.2) is 29.1 Å². The third-order valence-corrected chi connectivity index (χ3v) is 6.30.